The highest BCUT2D eigenvalue weighted by Crippen LogP contribution is 2.17. The molecule has 8 rings (SSSR count). The molecule has 0 radical (unpaired) electrons. The van der Waals surface area contributed by atoms with Crippen molar-refractivity contribution in [1.29, 1.82) is 0 Å². The number of likely N-dealkylation sites (tertiary alicyclic amines) is 2. The van der Waals surface area contributed by atoms with Gasteiger partial charge in [0.2, 0.25) is 0 Å². The van der Waals surface area contributed by atoms with E-state index in [2.05, 4.69) is 61.9 Å². The summed E-state index contributed by atoms with van der Waals surface area (Å²) < 4.78 is 14.1. The lowest BCUT2D eigenvalue weighted by Crippen LogP contribution is -2.41. The number of benzene rings is 4. The zero-order valence-corrected chi connectivity index (χ0v) is 41.1. The zero-order chi connectivity index (χ0) is 48.9. The number of hydrogen-bond donors (Lipinski definition) is 5. The van der Waals surface area contributed by atoms with Crippen molar-refractivity contribution in [3.8, 4) is 17.2 Å². The number of nitrogens with one attached hydrogen (secondary N) is 5. The second kappa shape index (κ2) is 30.8. The maximum atomic E-state index is 12.9. The number of likely N-dealkylation sites (N-methyl/N-ethyl adjacent to an activating group) is 2. The van der Waals surface area contributed by atoms with Gasteiger partial charge < -0.3 is 35.7 Å². The fourth-order valence-electron chi connectivity index (χ4n) is 7.28. The summed E-state index contributed by atoms with van der Waals surface area (Å²) in [5.41, 5.74) is 1.63. The largest absolute Gasteiger partial charge is 0.492 e. The molecule has 0 amide bonds. The molecule has 0 atom stereocenters. The third-order valence-electron chi connectivity index (χ3n) is 11.2. The van der Waals surface area contributed by atoms with Crippen LogP contribution < -0.4 is 41.9 Å². The van der Waals surface area contributed by atoms with E-state index in [0.29, 0.717) is 47.7 Å². The molecule has 69 heavy (non-hydrogen) atoms. The maximum absolute atomic E-state index is 12.9. The highest BCUT2D eigenvalue weighted by molar-refractivity contribution is 9.10. The molecule has 0 aliphatic carbocycles. The summed E-state index contributed by atoms with van der Waals surface area (Å²) in [5.74, 6) is 2.58. The van der Waals surface area contributed by atoms with Gasteiger partial charge in [0.25, 0.3) is 11.1 Å². The average molecular weight is 1010 g/mol. The first-order valence-corrected chi connectivity index (χ1v) is 24.1. The lowest BCUT2D eigenvalue weighted by atomic mass is 10.1. The van der Waals surface area contributed by atoms with E-state index in [-0.39, 0.29) is 17.2 Å². The van der Waals surface area contributed by atoms with Crippen LogP contribution in [0.4, 0.5) is 11.6 Å². The molecule has 366 valence electrons. The summed E-state index contributed by atoms with van der Waals surface area (Å²) in [6, 6.07) is 34.3. The molecule has 2 aliphatic rings. The number of H-pyrrole nitrogens is 1. The number of para-hydroxylation sites is 2. The second-order valence-electron chi connectivity index (χ2n) is 16.1. The third kappa shape index (κ3) is 19.6. The molecule has 2 aromatic heterocycles. The number of aromatic nitrogens is 4. The van der Waals surface area contributed by atoms with Gasteiger partial charge in [-0.25, -0.2) is 9.97 Å². The van der Waals surface area contributed by atoms with Crippen LogP contribution in [0.25, 0.3) is 5.69 Å². The van der Waals surface area contributed by atoms with Crippen molar-refractivity contribution in [3.63, 3.8) is 0 Å². The van der Waals surface area contributed by atoms with Gasteiger partial charge in [-0.15, -0.1) is 0 Å². The molecule has 0 spiro atoms. The van der Waals surface area contributed by atoms with Crippen molar-refractivity contribution in [2.45, 2.75) is 37.8 Å². The van der Waals surface area contributed by atoms with Gasteiger partial charge in [-0.3, -0.25) is 33.5 Å². The molecule has 5 N–H and O–H groups in total. The maximum Gasteiger partial charge on any atom is 0.297 e. The molecule has 2 fully saturated rings. The molecular weight excluding hydrogens is 941 g/mol. The van der Waals surface area contributed by atoms with Crippen LogP contribution in [0.3, 0.4) is 0 Å². The summed E-state index contributed by atoms with van der Waals surface area (Å²) in [4.78, 5) is 61.2. The van der Waals surface area contributed by atoms with Gasteiger partial charge in [0.05, 0.1) is 0 Å². The standard InChI is InChI=1S/C24H26N4O3.C17H22N4O2.C7H5BrO.C4H12N2/c29-18-19-6-8-21(9-7-19)28-15-12-25-23(24(28)30)26-20-10-13-27(14-11-20)16-17-31-22-4-2-1-3-5-22;22-17-16(18-8-9-19-17)20-14-6-10-21(11-7-14)12-13-23-15-4-2-1-3-5-15;8-7-3-1-6(5-9)2-4-7;1-5-3-4-6-2/h1-9,12,15,18,20H,10-11,13-14,16-17H2,(H,25,26);1-5,8-9,14H,6-7,10-13H2,(H,18,20)(H,19,22);1-5H;5-6H,3-4H2,1-2H3. The van der Waals surface area contributed by atoms with Gasteiger partial charge in [-0.05, 0) is 100 Å². The van der Waals surface area contributed by atoms with Gasteiger partial charge in [0.15, 0.2) is 11.6 Å². The Kier molecular flexibility index (Phi) is 23.9. The number of hydrogen-bond acceptors (Lipinski definition) is 14. The topological polar surface area (TPSA) is 188 Å². The smallest absolute Gasteiger partial charge is 0.297 e. The molecule has 0 bridgehead atoms. The molecule has 4 aromatic carbocycles. The second-order valence-corrected chi connectivity index (χ2v) is 17.1. The van der Waals surface area contributed by atoms with Crippen LogP contribution in [0, 0.1) is 0 Å². The molecule has 2 saturated heterocycles. The van der Waals surface area contributed by atoms with Gasteiger partial charge in [0, 0.05) is 111 Å². The van der Waals surface area contributed by atoms with E-state index >= 15 is 0 Å². The summed E-state index contributed by atoms with van der Waals surface area (Å²) in [6.45, 7) is 9.17. The van der Waals surface area contributed by atoms with Crippen molar-refractivity contribution in [1.82, 2.24) is 40.0 Å². The van der Waals surface area contributed by atoms with Crippen LogP contribution in [0.5, 0.6) is 11.5 Å². The Bertz CT molecular complexity index is 2460. The molecule has 4 heterocycles. The van der Waals surface area contributed by atoms with Crippen molar-refractivity contribution in [2.24, 2.45) is 0 Å². The average Bonchev–Trinajstić information content (AvgIpc) is 3.39. The molecule has 16 nitrogen and oxygen atoms in total. The molecule has 2 aliphatic heterocycles. The van der Waals surface area contributed by atoms with Crippen LogP contribution in [0.2, 0.25) is 0 Å². The van der Waals surface area contributed by atoms with Crippen molar-refractivity contribution >= 4 is 40.1 Å². The fraction of sp³-hybridized carbons (Fsp3) is 0.346. The Labute approximate surface area is 413 Å². The number of nitrogens with zero attached hydrogens (tertiary/aromatic N) is 5. The quantitative estimate of drug-likeness (QED) is 0.0470. The number of aromatic amines is 1. The summed E-state index contributed by atoms with van der Waals surface area (Å²) >= 11 is 3.26. The van der Waals surface area contributed by atoms with E-state index in [4.69, 9.17) is 9.47 Å². The first-order chi connectivity index (χ1) is 33.8. The SMILES string of the molecule is CNCCNC.O=Cc1ccc(-n2ccnc(NC3CCN(CCOc4ccccc4)CC3)c2=O)cc1.O=Cc1ccc(Br)cc1.O=c1[nH]ccnc1NC1CCN(CCOc2ccccc2)CC1. The summed E-state index contributed by atoms with van der Waals surface area (Å²) in [7, 11) is 3.88. The minimum absolute atomic E-state index is 0.161. The number of aldehydes is 2. The van der Waals surface area contributed by atoms with Crippen molar-refractivity contribution in [2.75, 3.05) is 90.3 Å². The molecular formula is C52H65BrN10O6. The Morgan fingerprint density at radius 3 is 1.57 bits per heavy atom. The lowest BCUT2D eigenvalue weighted by molar-refractivity contribution is 0.111. The van der Waals surface area contributed by atoms with E-state index in [1.54, 1.807) is 65.8 Å². The van der Waals surface area contributed by atoms with Crippen LogP contribution >= 0.6 is 15.9 Å². The summed E-state index contributed by atoms with van der Waals surface area (Å²) in [5, 5.41) is 12.6. The van der Waals surface area contributed by atoms with Gasteiger partial charge in [-0.2, -0.15) is 0 Å². The predicted molar refractivity (Wildman–Crippen MR) is 278 cm³/mol. The lowest BCUT2D eigenvalue weighted by Gasteiger charge is -2.32. The molecule has 6 aromatic rings. The van der Waals surface area contributed by atoms with E-state index in [0.717, 1.165) is 107 Å². The third-order valence-corrected chi connectivity index (χ3v) is 11.7. The van der Waals surface area contributed by atoms with Crippen molar-refractivity contribution in [3.05, 3.63) is 170 Å². The minimum Gasteiger partial charge on any atom is -0.492 e. The fourth-order valence-corrected chi connectivity index (χ4v) is 7.54. The first-order valence-electron chi connectivity index (χ1n) is 23.3. The highest BCUT2D eigenvalue weighted by Gasteiger charge is 2.22. The van der Waals surface area contributed by atoms with Crippen LogP contribution in [0.1, 0.15) is 46.4 Å². The minimum atomic E-state index is -0.194. The van der Waals surface area contributed by atoms with Gasteiger partial charge >= 0.3 is 0 Å². The Morgan fingerprint density at radius 2 is 1.10 bits per heavy atom. The molecule has 17 heteroatoms. The van der Waals surface area contributed by atoms with Crippen molar-refractivity contribution < 1.29 is 19.1 Å². The van der Waals surface area contributed by atoms with E-state index < -0.39 is 0 Å². The number of carbonyl (C=O) groups is 2. The Balaban J connectivity index is 0.000000203. The number of piperidine rings is 2. The zero-order valence-electron chi connectivity index (χ0n) is 39.5. The Morgan fingerprint density at radius 1 is 0.638 bits per heavy atom. The molecule has 0 unspecified atom stereocenters. The van der Waals surface area contributed by atoms with Gasteiger partial charge in [-0.1, -0.05) is 64.5 Å². The summed E-state index contributed by atoms with van der Waals surface area (Å²) in [6.07, 6.45) is 11.9. The normalized spacial score (nSPS) is 14.0. The highest BCUT2D eigenvalue weighted by atomic mass is 79.9. The van der Waals surface area contributed by atoms with E-state index in [1.807, 2.05) is 86.9 Å². The Hall–Kier alpha value is -6.50. The number of halogens is 1. The van der Waals surface area contributed by atoms with E-state index in [1.165, 1.54) is 0 Å². The number of carbonyl (C=O) groups excluding carboxylic acids is 2. The number of ether oxygens (including phenoxy) is 2. The monoisotopic (exact) mass is 1000 g/mol. The van der Waals surface area contributed by atoms with Crippen LogP contribution in [-0.4, -0.2) is 134 Å². The van der Waals surface area contributed by atoms with E-state index in [9.17, 15) is 19.2 Å². The predicted octanol–water partition coefficient (Wildman–Crippen LogP) is 6.41. The van der Waals surface area contributed by atoms with Crippen LogP contribution in [0.15, 0.2) is 148 Å². The number of anilines is 2. The van der Waals surface area contributed by atoms with Crippen LogP contribution in [-0.2, 0) is 0 Å². The molecule has 0 saturated carbocycles. The van der Waals surface area contributed by atoms with Gasteiger partial charge in [0.1, 0.15) is 37.3 Å². The number of rotatable bonds is 18. The first kappa shape index (κ1) is 53.5.